The number of anilines is 2. The number of nitrogens with one attached hydrogen (secondary N) is 1. The third-order valence-corrected chi connectivity index (χ3v) is 7.00. The molecule has 0 bridgehead atoms. The van der Waals surface area contributed by atoms with E-state index in [0.717, 1.165) is 11.1 Å². The van der Waals surface area contributed by atoms with Crippen LogP contribution in [-0.4, -0.2) is 17.1 Å². The van der Waals surface area contributed by atoms with Crippen molar-refractivity contribution in [1.29, 1.82) is 5.26 Å². The Kier molecular flexibility index (Phi) is 7.28. The van der Waals surface area contributed by atoms with Crippen molar-refractivity contribution in [2.45, 2.75) is 18.6 Å². The quantitative estimate of drug-likeness (QED) is 0.321. The second-order valence-corrected chi connectivity index (χ2v) is 9.76. The number of hydrogen-bond acceptors (Lipinski definition) is 4. The summed E-state index contributed by atoms with van der Waals surface area (Å²) in [4.78, 5) is 28.0. The van der Waals surface area contributed by atoms with E-state index in [1.165, 1.54) is 16.7 Å². The highest BCUT2D eigenvalue weighted by atomic mass is 35.5. The molecule has 1 aliphatic heterocycles. The monoisotopic (exact) mass is 507 g/mol. The summed E-state index contributed by atoms with van der Waals surface area (Å²) in [5.74, 6) is -0.782. The van der Waals surface area contributed by atoms with Gasteiger partial charge in [-0.1, -0.05) is 64.8 Å². The van der Waals surface area contributed by atoms with E-state index in [9.17, 15) is 14.9 Å². The van der Waals surface area contributed by atoms with Gasteiger partial charge in [0.15, 0.2) is 0 Å². The molecule has 5 nitrogen and oxygen atoms in total. The van der Waals surface area contributed by atoms with E-state index in [1.54, 1.807) is 36.4 Å². The highest BCUT2D eigenvalue weighted by molar-refractivity contribution is 8.05. The third-order valence-electron chi connectivity index (χ3n) is 5.23. The van der Waals surface area contributed by atoms with Crippen LogP contribution in [0.3, 0.4) is 0 Å². The molecule has 3 aromatic rings. The number of benzene rings is 3. The fourth-order valence-electron chi connectivity index (χ4n) is 3.48. The zero-order chi connectivity index (χ0) is 24.2. The molecule has 34 heavy (non-hydrogen) atoms. The molecule has 1 heterocycles. The van der Waals surface area contributed by atoms with Gasteiger partial charge in [0.05, 0.1) is 5.25 Å². The first-order valence-corrected chi connectivity index (χ1v) is 12.0. The number of nitriles is 1. The Bertz CT molecular complexity index is 1300. The first kappa shape index (κ1) is 23.9. The number of rotatable bonds is 5. The fourth-order valence-corrected chi connectivity index (χ4v) is 5.04. The molecule has 0 radical (unpaired) electrons. The van der Waals surface area contributed by atoms with E-state index in [4.69, 9.17) is 23.2 Å². The van der Waals surface area contributed by atoms with Gasteiger partial charge in [-0.05, 0) is 67.4 Å². The lowest BCUT2D eigenvalue weighted by atomic mass is 10.1. The van der Waals surface area contributed by atoms with Gasteiger partial charge in [-0.15, -0.1) is 0 Å². The molecular weight excluding hydrogens is 489 g/mol. The summed E-state index contributed by atoms with van der Waals surface area (Å²) in [5.41, 5.74) is 2.93. The summed E-state index contributed by atoms with van der Waals surface area (Å²) in [6.07, 6.45) is 0.435. The maximum Gasteiger partial charge on any atom is 0.269 e. The normalized spacial score (nSPS) is 16.8. The Morgan fingerprint density at radius 2 is 1.59 bits per heavy atom. The van der Waals surface area contributed by atoms with Crippen molar-refractivity contribution in [3.8, 4) is 6.07 Å². The summed E-state index contributed by atoms with van der Waals surface area (Å²) < 4.78 is 0. The number of thioether (sulfide) groups is 1. The highest BCUT2D eigenvalue weighted by Crippen LogP contribution is 2.42. The SMILES string of the molecule is Cc1ccc(N2C(=O)[C@H](Cc3ccc(Cl)cc3)S/C2=C(/C#N)C(=O)Nc2ccc(Cl)cc2)cc1. The molecule has 1 fully saturated rings. The molecule has 1 aliphatic rings. The molecule has 0 spiro atoms. The summed E-state index contributed by atoms with van der Waals surface area (Å²) >= 11 is 13.1. The van der Waals surface area contributed by atoms with Crippen molar-refractivity contribution < 1.29 is 9.59 Å². The number of nitrogens with zero attached hydrogens (tertiary/aromatic N) is 2. The van der Waals surface area contributed by atoms with Crippen LogP contribution in [0.15, 0.2) is 83.4 Å². The fraction of sp³-hybridized carbons (Fsp3) is 0.115. The van der Waals surface area contributed by atoms with Gasteiger partial charge in [-0.2, -0.15) is 5.26 Å². The number of carbonyl (C=O) groups is 2. The van der Waals surface area contributed by atoms with Crippen LogP contribution in [0.4, 0.5) is 11.4 Å². The lowest BCUT2D eigenvalue weighted by Crippen LogP contribution is -2.30. The molecule has 0 saturated carbocycles. The Morgan fingerprint density at radius 1 is 1.00 bits per heavy atom. The van der Waals surface area contributed by atoms with E-state index in [1.807, 2.05) is 49.4 Å². The van der Waals surface area contributed by atoms with Gasteiger partial charge in [0, 0.05) is 21.4 Å². The summed E-state index contributed by atoms with van der Waals surface area (Å²) in [7, 11) is 0. The van der Waals surface area contributed by atoms with Crippen LogP contribution >= 0.6 is 35.0 Å². The molecule has 4 rings (SSSR count). The molecule has 0 unspecified atom stereocenters. The zero-order valence-electron chi connectivity index (χ0n) is 18.1. The predicted molar refractivity (Wildman–Crippen MR) is 138 cm³/mol. The summed E-state index contributed by atoms with van der Waals surface area (Å²) in [6.45, 7) is 1.95. The first-order chi connectivity index (χ1) is 16.4. The standard InChI is InChI=1S/C26H19Cl2N3O2S/c1-16-2-12-21(13-3-16)31-25(33)23(14-17-4-6-18(27)7-5-17)34-26(31)22(15-29)24(32)30-20-10-8-19(28)9-11-20/h2-13,23H,14H2,1H3,(H,30,32)/b26-22-/t23-/m0/s1. The van der Waals surface area contributed by atoms with Crippen molar-refractivity contribution in [3.05, 3.63) is 105 Å². The minimum atomic E-state index is -0.593. The molecule has 1 N–H and O–H groups in total. The van der Waals surface area contributed by atoms with E-state index in [-0.39, 0.29) is 11.5 Å². The molecule has 1 saturated heterocycles. The maximum absolute atomic E-state index is 13.5. The van der Waals surface area contributed by atoms with Crippen LogP contribution in [0.2, 0.25) is 10.0 Å². The van der Waals surface area contributed by atoms with Gasteiger partial charge >= 0.3 is 0 Å². The number of amides is 2. The van der Waals surface area contributed by atoms with Crippen LogP contribution in [0.5, 0.6) is 0 Å². The number of carbonyl (C=O) groups excluding carboxylic acids is 2. The molecule has 170 valence electrons. The molecule has 0 aromatic heterocycles. The first-order valence-electron chi connectivity index (χ1n) is 10.4. The Morgan fingerprint density at radius 3 is 2.18 bits per heavy atom. The molecule has 1 atom stereocenters. The van der Waals surface area contributed by atoms with Crippen molar-refractivity contribution in [2.75, 3.05) is 10.2 Å². The van der Waals surface area contributed by atoms with Gasteiger partial charge < -0.3 is 5.32 Å². The second-order valence-electron chi connectivity index (χ2n) is 7.70. The topological polar surface area (TPSA) is 73.2 Å². The van der Waals surface area contributed by atoms with Gasteiger partial charge in [0.2, 0.25) is 5.91 Å². The van der Waals surface area contributed by atoms with Crippen LogP contribution in [0.25, 0.3) is 0 Å². The smallest absolute Gasteiger partial charge is 0.269 e. The molecular formula is C26H19Cl2N3O2S. The Labute approximate surface area is 212 Å². The Balaban J connectivity index is 1.71. The van der Waals surface area contributed by atoms with Crippen LogP contribution in [0, 0.1) is 18.3 Å². The molecule has 3 aromatic carbocycles. The number of aryl methyl sites for hydroxylation is 1. The van der Waals surface area contributed by atoms with Crippen molar-refractivity contribution in [3.63, 3.8) is 0 Å². The van der Waals surface area contributed by atoms with E-state index in [2.05, 4.69) is 5.32 Å². The number of hydrogen-bond donors (Lipinski definition) is 1. The second kappa shape index (κ2) is 10.4. The van der Waals surface area contributed by atoms with E-state index in [0.29, 0.717) is 32.9 Å². The average molecular weight is 508 g/mol. The van der Waals surface area contributed by atoms with Crippen molar-refractivity contribution in [2.24, 2.45) is 0 Å². The lowest BCUT2D eigenvalue weighted by molar-refractivity contribution is -0.117. The van der Waals surface area contributed by atoms with E-state index >= 15 is 0 Å². The maximum atomic E-state index is 13.5. The van der Waals surface area contributed by atoms with Crippen molar-refractivity contribution in [1.82, 2.24) is 0 Å². The number of halogens is 2. The third kappa shape index (κ3) is 5.28. The van der Waals surface area contributed by atoms with Gasteiger partial charge in [-0.3, -0.25) is 14.5 Å². The van der Waals surface area contributed by atoms with Gasteiger partial charge in [0.25, 0.3) is 5.91 Å². The van der Waals surface area contributed by atoms with Crippen LogP contribution in [-0.2, 0) is 16.0 Å². The minimum absolute atomic E-state index is 0.132. The van der Waals surface area contributed by atoms with Crippen molar-refractivity contribution >= 4 is 58.2 Å². The van der Waals surface area contributed by atoms with Crippen LogP contribution < -0.4 is 10.2 Å². The largest absolute Gasteiger partial charge is 0.321 e. The predicted octanol–water partition coefficient (Wildman–Crippen LogP) is 6.37. The summed E-state index contributed by atoms with van der Waals surface area (Å²) in [5, 5.41) is 13.6. The average Bonchev–Trinajstić information content (AvgIpc) is 3.13. The van der Waals surface area contributed by atoms with Gasteiger partial charge in [0.1, 0.15) is 16.7 Å². The lowest BCUT2D eigenvalue weighted by Gasteiger charge is -2.19. The van der Waals surface area contributed by atoms with Gasteiger partial charge in [-0.25, -0.2) is 0 Å². The summed E-state index contributed by atoms with van der Waals surface area (Å²) in [6, 6.07) is 23.3. The van der Waals surface area contributed by atoms with Crippen LogP contribution in [0.1, 0.15) is 11.1 Å². The molecule has 0 aliphatic carbocycles. The Hall–Kier alpha value is -3.24. The van der Waals surface area contributed by atoms with E-state index < -0.39 is 11.2 Å². The minimum Gasteiger partial charge on any atom is -0.321 e. The molecule has 8 heteroatoms. The zero-order valence-corrected chi connectivity index (χ0v) is 20.4. The highest BCUT2D eigenvalue weighted by Gasteiger charge is 2.40. The molecule has 2 amide bonds.